The van der Waals surface area contributed by atoms with Gasteiger partial charge in [-0.2, -0.15) is 0 Å². The minimum Gasteiger partial charge on any atom is -0.756 e. The van der Waals surface area contributed by atoms with Crippen molar-refractivity contribution < 1.29 is 37.3 Å². The summed E-state index contributed by atoms with van der Waals surface area (Å²) in [6.07, 6.45) is 56.9. The molecule has 65 heavy (non-hydrogen) atoms. The van der Waals surface area contributed by atoms with E-state index in [0.717, 1.165) is 103 Å². The fourth-order valence-electron chi connectivity index (χ4n) is 6.89. The highest BCUT2D eigenvalue weighted by molar-refractivity contribution is 7.45. The number of phosphoric ester groups is 1. The van der Waals surface area contributed by atoms with Crippen LogP contribution in [0.25, 0.3) is 0 Å². The predicted molar refractivity (Wildman–Crippen MR) is 274 cm³/mol. The lowest BCUT2D eigenvalue weighted by Gasteiger charge is -2.30. The summed E-state index contributed by atoms with van der Waals surface area (Å²) in [6, 6.07) is -0.910. The fraction of sp³-hybridized carbons (Fsp3) is 0.709. The quantitative estimate of drug-likeness (QED) is 0.0162. The number of hydrogen-bond acceptors (Lipinski definition) is 7. The first kappa shape index (κ1) is 62.2. The van der Waals surface area contributed by atoms with Gasteiger partial charge in [0.1, 0.15) is 19.3 Å². The number of esters is 1. The van der Waals surface area contributed by atoms with Gasteiger partial charge in [-0.15, -0.1) is 0 Å². The van der Waals surface area contributed by atoms with Crippen molar-refractivity contribution in [2.45, 2.75) is 213 Å². The zero-order valence-electron chi connectivity index (χ0n) is 42.4. The average Bonchev–Trinajstić information content (AvgIpc) is 3.26. The summed E-state index contributed by atoms with van der Waals surface area (Å²) in [5, 5.41) is 2.99. The third-order valence-corrected chi connectivity index (χ3v) is 11.8. The van der Waals surface area contributed by atoms with E-state index in [4.69, 9.17) is 13.8 Å². The molecule has 0 rings (SSSR count). The Balaban J connectivity index is 5.52. The van der Waals surface area contributed by atoms with Crippen LogP contribution in [0.4, 0.5) is 0 Å². The van der Waals surface area contributed by atoms with Crippen LogP contribution in [0.15, 0.2) is 85.1 Å². The SMILES string of the molecule is CC/C=C/C=C/C=C\CCCCCCCC(=O)OC(/C=C/CCCCCCCCCCCC)C(COP(=O)([O-])OCC[N+](C)(C)C)NC(=O)CCCCCC/C=C/C/C=C/C/C=C/CC. The normalized spacial score (nSPS) is 14.6. The topological polar surface area (TPSA) is 114 Å². The second-order valence-electron chi connectivity index (χ2n) is 18.3. The standard InChI is InChI=1S/C55H97N2O7P/c1-7-10-13-16-19-22-25-28-30-32-35-38-41-44-47-54(58)56-52(51-63-65(60,61)62-50-49-57(4,5)6)53(46-43-40-37-34-31-27-24-21-18-15-12-9-3)64-55(59)48-45-42-39-36-33-29-26-23-20-17-14-11-8-2/h10-11,13-14,17,19-20,22-23,26,28,30,43,46,52-53H,7-9,12,15-16,18,21,24-25,27,29,31-42,44-45,47-51H2,1-6H3,(H-,56,58,60,61)/b13-10+,14-11+,20-17+,22-19+,26-23-,30-28+,46-43+. The molecule has 1 amide bonds. The molecule has 0 heterocycles. The average molecular weight is 929 g/mol. The molecule has 0 aliphatic carbocycles. The van der Waals surface area contributed by atoms with E-state index in [-0.39, 0.29) is 31.3 Å². The molecule has 0 aromatic carbocycles. The number of carbonyl (C=O) groups is 2. The molecule has 0 saturated carbocycles. The minimum atomic E-state index is -4.70. The number of hydrogen-bond donors (Lipinski definition) is 1. The molecule has 0 aliphatic rings. The summed E-state index contributed by atoms with van der Waals surface area (Å²) in [6.45, 7) is 6.53. The monoisotopic (exact) mass is 929 g/mol. The van der Waals surface area contributed by atoms with Crippen molar-refractivity contribution in [1.29, 1.82) is 0 Å². The molecule has 0 bridgehead atoms. The fourth-order valence-corrected chi connectivity index (χ4v) is 7.61. The highest BCUT2D eigenvalue weighted by Gasteiger charge is 2.27. The Morgan fingerprint density at radius 2 is 1.06 bits per heavy atom. The van der Waals surface area contributed by atoms with Crippen LogP contribution in [0.2, 0.25) is 0 Å². The Morgan fingerprint density at radius 3 is 1.65 bits per heavy atom. The second kappa shape index (κ2) is 45.0. The lowest BCUT2D eigenvalue weighted by atomic mass is 10.0. The summed E-state index contributed by atoms with van der Waals surface area (Å²) >= 11 is 0. The number of unbranched alkanes of at least 4 members (excludes halogenated alkanes) is 19. The molecular weight excluding hydrogens is 832 g/mol. The lowest BCUT2D eigenvalue weighted by Crippen LogP contribution is -2.47. The number of phosphoric acid groups is 1. The van der Waals surface area contributed by atoms with E-state index in [9.17, 15) is 19.0 Å². The van der Waals surface area contributed by atoms with Crippen LogP contribution in [0.1, 0.15) is 201 Å². The number of amides is 1. The highest BCUT2D eigenvalue weighted by Crippen LogP contribution is 2.38. The third-order valence-electron chi connectivity index (χ3n) is 10.9. The second-order valence-corrected chi connectivity index (χ2v) is 19.7. The van der Waals surface area contributed by atoms with Gasteiger partial charge in [0, 0.05) is 12.8 Å². The molecule has 3 atom stereocenters. The maximum Gasteiger partial charge on any atom is 0.306 e. The molecule has 0 fully saturated rings. The van der Waals surface area contributed by atoms with Crippen LogP contribution >= 0.6 is 7.82 Å². The van der Waals surface area contributed by atoms with Gasteiger partial charge in [0.05, 0.1) is 33.8 Å². The summed E-state index contributed by atoms with van der Waals surface area (Å²) in [7, 11) is 1.14. The Kier molecular flexibility index (Phi) is 43.1. The van der Waals surface area contributed by atoms with E-state index in [1.54, 1.807) is 0 Å². The van der Waals surface area contributed by atoms with Crippen LogP contribution in [-0.2, 0) is 27.9 Å². The van der Waals surface area contributed by atoms with Crippen LogP contribution in [-0.4, -0.2) is 69.4 Å². The van der Waals surface area contributed by atoms with Gasteiger partial charge in [0.2, 0.25) is 5.91 Å². The molecule has 374 valence electrons. The smallest absolute Gasteiger partial charge is 0.306 e. The van der Waals surface area contributed by atoms with E-state index in [1.807, 2.05) is 39.4 Å². The van der Waals surface area contributed by atoms with E-state index in [0.29, 0.717) is 23.9 Å². The first-order valence-corrected chi connectivity index (χ1v) is 27.4. The van der Waals surface area contributed by atoms with Crippen molar-refractivity contribution in [2.24, 2.45) is 0 Å². The predicted octanol–water partition coefficient (Wildman–Crippen LogP) is 14.5. The maximum absolute atomic E-state index is 13.4. The number of ether oxygens (including phenoxy) is 1. The zero-order valence-corrected chi connectivity index (χ0v) is 43.3. The van der Waals surface area contributed by atoms with E-state index in [2.05, 4.69) is 92.9 Å². The van der Waals surface area contributed by atoms with Crippen LogP contribution in [0, 0.1) is 0 Å². The molecule has 0 aromatic heterocycles. The molecular formula is C55H97N2O7P. The largest absolute Gasteiger partial charge is 0.756 e. The van der Waals surface area contributed by atoms with Gasteiger partial charge in [-0.1, -0.05) is 190 Å². The molecule has 0 saturated heterocycles. The number of allylic oxidation sites excluding steroid dienone is 13. The van der Waals surface area contributed by atoms with Crippen LogP contribution in [0.3, 0.4) is 0 Å². The lowest BCUT2D eigenvalue weighted by molar-refractivity contribution is -0.870. The number of likely N-dealkylation sites (N-methyl/N-ethyl adjacent to an activating group) is 1. The molecule has 9 nitrogen and oxygen atoms in total. The summed E-state index contributed by atoms with van der Waals surface area (Å²) in [4.78, 5) is 39.7. The molecule has 1 N–H and O–H groups in total. The van der Waals surface area contributed by atoms with Gasteiger partial charge in [-0.05, 0) is 83.1 Å². The Morgan fingerprint density at radius 1 is 0.569 bits per heavy atom. The van der Waals surface area contributed by atoms with Crippen LogP contribution in [0.5, 0.6) is 0 Å². The Labute approximate surface area is 399 Å². The zero-order chi connectivity index (χ0) is 48.0. The first-order chi connectivity index (χ1) is 31.4. The van der Waals surface area contributed by atoms with Gasteiger partial charge >= 0.3 is 5.97 Å². The number of carbonyl (C=O) groups excluding carboxylic acids is 2. The molecule has 0 aliphatic heterocycles. The number of nitrogens with one attached hydrogen (secondary N) is 1. The van der Waals surface area contributed by atoms with Crippen molar-refractivity contribution >= 4 is 19.7 Å². The molecule has 10 heteroatoms. The van der Waals surface area contributed by atoms with Crippen molar-refractivity contribution in [3.05, 3.63) is 85.1 Å². The van der Waals surface area contributed by atoms with Gasteiger partial charge in [0.15, 0.2) is 0 Å². The van der Waals surface area contributed by atoms with E-state index in [1.165, 1.54) is 51.4 Å². The number of nitrogens with zero attached hydrogens (tertiary/aromatic N) is 1. The number of rotatable bonds is 45. The van der Waals surface area contributed by atoms with E-state index < -0.39 is 26.6 Å². The summed E-state index contributed by atoms with van der Waals surface area (Å²) < 4.78 is 30.1. The summed E-state index contributed by atoms with van der Waals surface area (Å²) in [5.74, 6) is -0.600. The third kappa shape index (κ3) is 46.1. The van der Waals surface area contributed by atoms with E-state index >= 15 is 0 Å². The molecule has 3 unspecified atom stereocenters. The minimum absolute atomic E-state index is 0.0345. The Bertz CT molecular complexity index is 1390. The number of quaternary nitrogens is 1. The van der Waals surface area contributed by atoms with Crippen molar-refractivity contribution in [3.8, 4) is 0 Å². The molecule has 0 aromatic rings. The van der Waals surface area contributed by atoms with Gasteiger partial charge in [0.25, 0.3) is 7.82 Å². The van der Waals surface area contributed by atoms with Crippen molar-refractivity contribution in [3.63, 3.8) is 0 Å². The first-order valence-electron chi connectivity index (χ1n) is 25.9. The maximum atomic E-state index is 13.4. The van der Waals surface area contributed by atoms with Crippen LogP contribution < -0.4 is 10.2 Å². The van der Waals surface area contributed by atoms with Gasteiger partial charge in [-0.3, -0.25) is 14.2 Å². The molecule has 0 radical (unpaired) electrons. The van der Waals surface area contributed by atoms with Gasteiger partial charge < -0.3 is 28.5 Å². The highest BCUT2D eigenvalue weighted by atomic mass is 31.2. The summed E-state index contributed by atoms with van der Waals surface area (Å²) in [5.41, 5.74) is 0. The Hall–Kier alpha value is -2.81. The van der Waals surface area contributed by atoms with Crippen molar-refractivity contribution in [1.82, 2.24) is 5.32 Å². The van der Waals surface area contributed by atoms with Crippen molar-refractivity contribution in [2.75, 3.05) is 40.9 Å². The molecule has 0 spiro atoms. The van der Waals surface area contributed by atoms with Gasteiger partial charge in [-0.25, -0.2) is 0 Å².